The zero-order valence-corrected chi connectivity index (χ0v) is 23.1. The van der Waals surface area contributed by atoms with Crippen molar-refractivity contribution in [1.82, 2.24) is 15.2 Å². The molecule has 224 valence electrons. The van der Waals surface area contributed by atoms with Gasteiger partial charge in [-0.2, -0.15) is 26.3 Å². The molecule has 2 heterocycles. The Morgan fingerprint density at radius 3 is 2.21 bits per heavy atom. The van der Waals surface area contributed by atoms with Gasteiger partial charge in [0.15, 0.2) is 0 Å². The Labute approximate surface area is 247 Å². The fraction of sp³-hybridized carbons (Fsp3) is 0.258. The van der Waals surface area contributed by atoms with E-state index in [-0.39, 0.29) is 37.8 Å². The van der Waals surface area contributed by atoms with Gasteiger partial charge in [0.05, 0.1) is 22.2 Å². The minimum atomic E-state index is -5.09. The maximum absolute atomic E-state index is 13.6. The van der Waals surface area contributed by atoms with Crippen LogP contribution in [0.15, 0.2) is 79.0 Å². The van der Waals surface area contributed by atoms with Crippen LogP contribution in [0, 0.1) is 0 Å². The fourth-order valence-electron chi connectivity index (χ4n) is 5.34. The van der Waals surface area contributed by atoms with E-state index < -0.39 is 47.0 Å². The lowest BCUT2D eigenvalue weighted by Crippen LogP contribution is -2.52. The maximum atomic E-state index is 13.6. The number of carbonyl (C=O) groups excluding carboxylic acids is 2. The number of nitrogens with zero attached hydrogens (tertiary/aromatic N) is 2. The van der Waals surface area contributed by atoms with E-state index >= 15 is 0 Å². The van der Waals surface area contributed by atoms with Crippen LogP contribution in [0.4, 0.5) is 26.3 Å². The van der Waals surface area contributed by atoms with Crippen LogP contribution in [0.25, 0.3) is 10.9 Å². The number of hydrogen-bond acceptors (Lipinski definition) is 3. The van der Waals surface area contributed by atoms with Crippen molar-refractivity contribution in [3.63, 3.8) is 0 Å². The molecule has 5 rings (SSSR count). The highest BCUT2D eigenvalue weighted by Gasteiger charge is 2.39. The quantitative estimate of drug-likeness (QED) is 0.234. The van der Waals surface area contributed by atoms with Gasteiger partial charge in [-0.25, -0.2) is 0 Å². The predicted molar refractivity (Wildman–Crippen MR) is 149 cm³/mol. The second-order valence-electron chi connectivity index (χ2n) is 10.3. The third kappa shape index (κ3) is 6.93. The first kappa shape index (κ1) is 30.3. The molecule has 0 radical (unpaired) electrons. The van der Waals surface area contributed by atoms with Crippen molar-refractivity contribution in [2.24, 2.45) is 0 Å². The Balaban J connectivity index is 1.44. The summed E-state index contributed by atoms with van der Waals surface area (Å²) in [6, 6.07) is 15.3. The molecule has 1 saturated heterocycles. The lowest BCUT2D eigenvalue weighted by Gasteiger charge is -2.40. The topological polar surface area (TPSA) is 62.3 Å². The Morgan fingerprint density at radius 1 is 0.907 bits per heavy atom. The number of fused-ring (bicyclic) bond motifs is 1. The molecule has 1 aliphatic rings. The lowest BCUT2D eigenvalue weighted by atomic mass is 9.90. The molecular weight excluding hydrogens is 596 g/mol. The number of rotatable bonds is 5. The second-order valence-corrected chi connectivity index (χ2v) is 10.8. The van der Waals surface area contributed by atoms with E-state index in [0.717, 1.165) is 5.56 Å². The summed E-state index contributed by atoms with van der Waals surface area (Å²) in [5.41, 5.74) is -2.05. The number of para-hydroxylation sites is 1. The normalized spacial score (nSPS) is 17.6. The number of pyridine rings is 1. The van der Waals surface area contributed by atoms with E-state index in [0.29, 0.717) is 33.6 Å². The molecule has 1 aromatic heterocycles. The van der Waals surface area contributed by atoms with E-state index in [1.54, 1.807) is 54.6 Å². The molecular formula is C31H24ClF6N3O2. The van der Waals surface area contributed by atoms with Gasteiger partial charge in [0, 0.05) is 40.8 Å². The average Bonchev–Trinajstić information content (AvgIpc) is 2.96. The third-order valence-corrected chi connectivity index (χ3v) is 7.68. The van der Waals surface area contributed by atoms with Crippen LogP contribution >= 0.6 is 11.6 Å². The van der Waals surface area contributed by atoms with Crippen LogP contribution in [-0.4, -0.2) is 40.3 Å². The van der Waals surface area contributed by atoms with Crippen molar-refractivity contribution >= 4 is 34.3 Å². The molecule has 4 aromatic rings. The SMILES string of the molecule is O=C(N[C@H]1CCN(C(=O)c2cc(C(F)(F)F)cc(C(F)(F)F)c2)[C@H](Cc2ccc(Cl)cc2)C1)c1ccnc2ccccc12. The Bertz CT molecular complexity index is 1620. The van der Waals surface area contributed by atoms with Crippen molar-refractivity contribution < 1.29 is 35.9 Å². The van der Waals surface area contributed by atoms with Gasteiger partial charge >= 0.3 is 12.4 Å². The zero-order valence-electron chi connectivity index (χ0n) is 22.3. The minimum Gasteiger partial charge on any atom is -0.349 e. The van der Waals surface area contributed by atoms with Crippen LogP contribution in [-0.2, 0) is 18.8 Å². The van der Waals surface area contributed by atoms with Gasteiger partial charge in [-0.1, -0.05) is 41.9 Å². The highest BCUT2D eigenvalue weighted by Crippen LogP contribution is 2.37. The highest BCUT2D eigenvalue weighted by molar-refractivity contribution is 6.30. The summed E-state index contributed by atoms with van der Waals surface area (Å²) in [6.07, 6.45) is -7.97. The first-order chi connectivity index (χ1) is 20.3. The molecule has 0 spiro atoms. The lowest BCUT2D eigenvalue weighted by molar-refractivity contribution is -0.143. The molecule has 0 saturated carbocycles. The van der Waals surface area contributed by atoms with Gasteiger partial charge in [0.2, 0.25) is 0 Å². The van der Waals surface area contributed by atoms with E-state index in [1.165, 1.54) is 11.1 Å². The monoisotopic (exact) mass is 619 g/mol. The number of piperidine rings is 1. The molecule has 1 fully saturated rings. The number of hydrogen-bond donors (Lipinski definition) is 1. The number of alkyl halides is 6. The molecule has 0 aliphatic carbocycles. The Hall–Kier alpha value is -4.12. The summed E-state index contributed by atoms with van der Waals surface area (Å²) in [6.45, 7) is -0.00325. The molecule has 0 unspecified atom stereocenters. The van der Waals surface area contributed by atoms with E-state index in [4.69, 9.17) is 11.6 Å². The Morgan fingerprint density at radius 2 is 1.56 bits per heavy atom. The van der Waals surface area contributed by atoms with Crippen LogP contribution in [0.1, 0.15) is 50.2 Å². The van der Waals surface area contributed by atoms with Gasteiger partial charge in [-0.05, 0) is 67.3 Å². The van der Waals surface area contributed by atoms with E-state index in [2.05, 4.69) is 10.3 Å². The van der Waals surface area contributed by atoms with Gasteiger partial charge in [-0.15, -0.1) is 0 Å². The van der Waals surface area contributed by atoms with Crippen molar-refractivity contribution in [1.29, 1.82) is 0 Å². The highest BCUT2D eigenvalue weighted by atomic mass is 35.5. The number of amides is 2. The molecule has 1 aliphatic heterocycles. The zero-order chi connectivity index (χ0) is 30.9. The number of carbonyl (C=O) groups is 2. The molecule has 2 atom stereocenters. The summed E-state index contributed by atoms with van der Waals surface area (Å²) in [7, 11) is 0. The summed E-state index contributed by atoms with van der Waals surface area (Å²) in [5, 5.41) is 4.11. The average molecular weight is 620 g/mol. The molecule has 43 heavy (non-hydrogen) atoms. The van der Waals surface area contributed by atoms with Crippen molar-refractivity contribution in [2.75, 3.05) is 6.54 Å². The van der Waals surface area contributed by atoms with Crippen LogP contribution in [0.2, 0.25) is 5.02 Å². The maximum Gasteiger partial charge on any atom is 0.416 e. The summed E-state index contributed by atoms with van der Waals surface area (Å²) < 4.78 is 81.0. The number of likely N-dealkylation sites (tertiary alicyclic amines) is 1. The summed E-state index contributed by atoms with van der Waals surface area (Å²) in [5.74, 6) is -1.32. The van der Waals surface area contributed by atoms with Crippen molar-refractivity contribution in [3.8, 4) is 0 Å². The molecule has 1 N–H and O–H groups in total. The Kier molecular flexibility index (Phi) is 8.38. The summed E-state index contributed by atoms with van der Waals surface area (Å²) in [4.78, 5) is 32.4. The second kappa shape index (κ2) is 11.9. The van der Waals surface area contributed by atoms with E-state index in [1.807, 2.05) is 0 Å². The van der Waals surface area contributed by atoms with Gasteiger partial charge in [-0.3, -0.25) is 14.6 Å². The molecule has 5 nitrogen and oxygen atoms in total. The fourth-order valence-corrected chi connectivity index (χ4v) is 5.46. The van der Waals surface area contributed by atoms with Gasteiger partial charge in [0.25, 0.3) is 11.8 Å². The third-order valence-electron chi connectivity index (χ3n) is 7.42. The van der Waals surface area contributed by atoms with Crippen molar-refractivity contribution in [2.45, 2.75) is 43.7 Å². The number of benzene rings is 3. The first-order valence-electron chi connectivity index (χ1n) is 13.3. The molecule has 2 amide bonds. The largest absolute Gasteiger partial charge is 0.416 e. The molecule has 12 heteroatoms. The minimum absolute atomic E-state index is 0.00325. The molecule has 0 bridgehead atoms. The van der Waals surface area contributed by atoms with Crippen molar-refractivity contribution in [3.05, 3.63) is 112 Å². The van der Waals surface area contributed by atoms with Crippen LogP contribution in [0.3, 0.4) is 0 Å². The van der Waals surface area contributed by atoms with Crippen LogP contribution < -0.4 is 5.32 Å². The predicted octanol–water partition coefficient (Wildman–Crippen LogP) is 7.57. The van der Waals surface area contributed by atoms with Crippen LogP contribution in [0.5, 0.6) is 0 Å². The standard InChI is InChI=1S/C31H24ClF6N3O2/c32-22-7-5-18(6-8-22)13-24-17-23(40-28(42)26-9-11-39-27-4-2-1-3-25(26)27)10-12-41(24)29(43)19-14-20(30(33,34)35)16-21(15-19)31(36,37)38/h1-9,11,14-16,23-24H,10,12-13,17H2,(H,40,42)/t23-,24+/m0/s1. The first-order valence-corrected chi connectivity index (χ1v) is 13.7. The number of aromatic nitrogens is 1. The van der Waals surface area contributed by atoms with Gasteiger partial charge < -0.3 is 10.2 Å². The van der Waals surface area contributed by atoms with E-state index in [9.17, 15) is 35.9 Å². The smallest absolute Gasteiger partial charge is 0.349 e. The van der Waals surface area contributed by atoms with Gasteiger partial charge in [0.1, 0.15) is 0 Å². The number of nitrogens with one attached hydrogen (secondary N) is 1. The summed E-state index contributed by atoms with van der Waals surface area (Å²) >= 11 is 6.00. The molecule has 3 aromatic carbocycles. The number of halogens is 7.